The third-order valence-electron chi connectivity index (χ3n) is 4.27. The van der Waals surface area contributed by atoms with E-state index in [1.165, 1.54) is 24.2 Å². The van der Waals surface area contributed by atoms with Crippen molar-refractivity contribution in [2.75, 3.05) is 18.4 Å². The van der Waals surface area contributed by atoms with E-state index in [9.17, 15) is 4.79 Å². The Bertz CT molecular complexity index is 656. The van der Waals surface area contributed by atoms with E-state index < -0.39 is 0 Å². The lowest BCUT2D eigenvalue weighted by Crippen LogP contribution is -2.32. The van der Waals surface area contributed by atoms with Crippen molar-refractivity contribution in [3.63, 3.8) is 0 Å². The van der Waals surface area contributed by atoms with Crippen LogP contribution in [-0.2, 0) is 13.0 Å². The Kier molecular flexibility index (Phi) is 5.13. The van der Waals surface area contributed by atoms with Gasteiger partial charge in [0, 0.05) is 18.3 Å². The molecule has 3 rings (SSSR count). The summed E-state index contributed by atoms with van der Waals surface area (Å²) in [6.45, 7) is 7.43. The Morgan fingerprint density at radius 1 is 1.43 bits per heavy atom. The minimum absolute atomic E-state index is 0.239. The molecule has 2 aromatic heterocycles. The maximum absolute atomic E-state index is 12.1. The van der Waals surface area contributed by atoms with Crippen LogP contribution in [0, 0.1) is 5.92 Å². The third kappa shape index (κ3) is 4.20. The molecule has 0 bridgehead atoms. The lowest BCUT2D eigenvalue weighted by atomic mass is 9.99. The van der Waals surface area contributed by atoms with Gasteiger partial charge in [-0.25, -0.2) is 4.98 Å². The number of furan rings is 1. The lowest BCUT2D eigenvalue weighted by Gasteiger charge is -2.29. The van der Waals surface area contributed by atoms with E-state index in [-0.39, 0.29) is 5.91 Å². The van der Waals surface area contributed by atoms with Crippen molar-refractivity contribution in [1.29, 1.82) is 0 Å². The summed E-state index contributed by atoms with van der Waals surface area (Å²) in [5.41, 5.74) is 1.02. The van der Waals surface area contributed by atoms with E-state index in [1.807, 2.05) is 18.4 Å². The van der Waals surface area contributed by atoms with Crippen LogP contribution in [0.15, 0.2) is 21.9 Å². The standard InChI is InChI=1S/C17H23N3O2S/c1-3-14-4-5-15(22-14)16(21)19-17-18-13(11-23-17)10-20-8-6-12(2)7-9-20/h4-5,11-12H,3,6-10H2,1-2H3,(H,18,19,21). The molecule has 1 fully saturated rings. The van der Waals surface area contributed by atoms with E-state index in [2.05, 4.69) is 22.1 Å². The van der Waals surface area contributed by atoms with Gasteiger partial charge in [-0.15, -0.1) is 11.3 Å². The first-order chi connectivity index (χ1) is 11.1. The molecule has 0 unspecified atom stereocenters. The van der Waals surface area contributed by atoms with Gasteiger partial charge in [0.05, 0.1) is 5.69 Å². The summed E-state index contributed by atoms with van der Waals surface area (Å²) in [6.07, 6.45) is 3.29. The Balaban J connectivity index is 1.55. The molecule has 0 aliphatic carbocycles. The van der Waals surface area contributed by atoms with Crippen molar-refractivity contribution < 1.29 is 9.21 Å². The highest BCUT2D eigenvalue weighted by Crippen LogP contribution is 2.21. The number of aromatic nitrogens is 1. The van der Waals surface area contributed by atoms with Gasteiger partial charge in [-0.2, -0.15) is 0 Å². The van der Waals surface area contributed by atoms with Crippen LogP contribution in [0.5, 0.6) is 0 Å². The van der Waals surface area contributed by atoms with Crippen LogP contribution < -0.4 is 5.32 Å². The van der Waals surface area contributed by atoms with Gasteiger partial charge in [-0.3, -0.25) is 15.0 Å². The molecule has 0 saturated carbocycles. The van der Waals surface area contributed by atoms with Crippen LogP contribution in [-0.4, -0.2) is 28.9 Å². The Labute approximate surface area is 140 Å². The van der Waals surface area contributed by atoms with Gasteiger partial charge in [-0.1, -0.05) is 13.8 Å². The number of carbonyl (C=O) groups is 1. The normalized spacial score (nSPS) is 16.6. The summed E-state index contributed by atoms with van der Waals surface area (Å²) in [5.74, 6) is 1.74. The smallest absolute Gasteiger partial charge is 0.293 e. The SMILES string of the molecule is CCc1ccc(C(=O)Nc2nc(CN3CCC(C)CC3)cs2)o1. The van der Waals surface area contributed by atoms with Crippen molar-refractivity contribution in [2.45, 2.75) is 39.7 Å². The van der Waals surface area contributed by atoms with Crippen LogP contribution in [0.3, 0.4) is 0 Å². The molecule has 6 heteroatoms. The number of aryl methyl sites for hydroxylation is 1. The minimum Gasteiger partial charge on any atom is -0.456 e. The fraction of sp³-hybridized carbons (Fsp3) is 0.529. The first-order valence-corrected chi connectivity index (χ1v) is 9.09. The van der Waals surface area contributed by atoms with Crippen molar-refractivity contribution in [1.82, 2.24) is 9.88 Å². The molecule has 23 heavy (non-hydrogen) atoms. The van der Waals surface area contributed by atoms with E-state index in [0.29, 0.717) is 10.9 Å². The molecule has 0 radical (unpaired) electrons. The van der Waals surface area contributed by atoms with E-state index in [4.69, 9.17) is 4.42 Å². The summed E-state index contributed by atoms with van der Waals surface area (Å²) >= 11 is 1.46. The van der Waals surface area contributed by atoms with Crippen molar-refractivity contribution >= 4 is 22.4 Å². The van der Waals surface area contributed by atoms with Gasteiger partial charge >= 0.3 is 0 Å². The summed E-state index contributed by atoms with van der Waals surface area (Å²) < 4.78 is 5.46. The van der Waals surface area contributed by atoms with E-state index in [1.54, 1.807) is 6.07 Å². The third-order valence-corrected chi connectivity index (χ3v) is 5.07. The molecule has 2 aromatic rings. The molecule has 1 amide bonds. The number of thiazole rings is 1. The molecule has 0 aromatic carbocycles. The van der Waals surface area contributed by atoms with Crippen molar-refractivity contribution in [3.8, 4) is 0 Å². The number of hydrogen-bond acceptors (Lipinski definition) is 5. The Morgan fingerprint density at radius 2 is 2.22 bits per heavy atom. The summed E-state index contributed by atoms with van der Waals surface area (Å²) in [7, 11) is 0. The Morgan fingerprint density at radius 3 is 2.91 bits per heavy atom. The molecule has 3 heterocycles. The second-order valence-corrected chi connectivity index (χ2v) is 7.03. The average molecular weight is 333 g/mol. The van der Waals surface area contributed by atoms with Crippen LogP contribution in [0.4, 0.5) is 5.13 Å². The molecule has 1 saturated heterocycles. The van der Waals surface area contributed by atoms with Crippen LogP contribution in [0.2, 0.25) is 0 Å². The fourth-order valence-corrected chi connectivity index (χ4v) is 3.43. The number of carbonyl (C=O) groups excluding carboxylic acids is 1. The molecule has 1 aliphatic rings. The second kappa shape index (κ2) is 7.27. The quantitative estimate of drug-likeness (QED) is 0.904. The van der Waals surface area contributed by atoms with Crippen LogP contribution in [0.1, 0.15) is 48.7 Å². The minimum atomic E-state index is -0.239. The number of rotatable bonds is 5. The number of nitrogens with one attached hydrogen (secondary N) is 1. The van der Waals surface area contributed by atoms with Crippen molar-refractivity contribution in [2.24, 2.45) is 5.92 Å². The highest BCUT2D eigenvalue weighted by molar-refractivity contribution is 7.13. The molecular formula is C17H23N3O2S. The number of anilines is 1. The van der Waals surface area contributed by atoms with Gasteiger partial charge in [-0.05, 0) is 44.0 Å². The molecule has 0 atom stereocenters. The maximum Gasteiger partial charge on any atom is 0.293 e. The van der Waals surface area contributed by atoms with Gasteiger partial charge in [0.1, 0.15) is 5.76 Å². The maximum atomic E-state index is 12.1. The largest absolute Gasteiger partial charge is 0.456 e. The topological polar surface area (TPSA) is 58.4 Å². The second-order valence-electron chi connectivity index (χ2n) is 6.18. The molecule has 1 N–H and O–H groups in total. The zero-order valence-corrected chi connectivity index (χ0v) is 14.5. The molecule has 5 nitrogen and oxygen atoms in total. The van der Waals surface area contributed by atoms with Gasteiger partial charge in [0.15, 0.2) is 10.9 Å². The highest BCUT2D eigenvalue weighted by atomic mass is 32.1. The predicted octanol–water partition coefficient (Wildman–Crippen LogP) is 3.78. The highest BCUT2D eigenvalue weighted by Gasteiger charge is 2.17. The summed E-state index contributed by atoms with van der Waals surface area (Å²) in [6, 6.07) is 3.54. The fourth-order valence-electron chi connectivity index (χ4n) is 2.73. The summed E-state index contributed by atoms with van der Waals surface area (Å²) in [5, 5.41) is 5.47. The number of nitrogens with zero attached hydrogens (tertiary/aromatic N) is 2. The zero-order chi connectivity index (χ0) is 16.2. The van der Waals surface area contributed by atoms with Crippen molar-refractivity contribution in [3.05, 3.63) is 34.7 Å². The van der Waals surface area contributed by atoms with Crippen LogP contribution in [0.25, 0.3) is 0 Å². The number of piperidine rings is 1. The summed E-state index contributed by atoms with van der Waals surface area (Å²) in [4.78, 5) is 19.1. The predicted molar refractivity (Wildman–Crippen MR) is 91.8 cm³/mol. The first-order valence-electron chi connectivity index (χ1n) is 8.21. The lowest BCUT2D eigenvalue weighted by molar-refractivity contribution is 0.0995. The molecule has 1 aliphatic heterocycles. The van der Waals surface area contributed by atoms with Crippen LogP contribution >= 0.6 is 11.3 Å². The first kappa shape index (κ1) is 16.2. The number of amides is 1. The Hall–Kier alpha value is -1.66. The number of likely N-dealkylation sites (tertiary alicyclic amines) is 1. The van der Waals surface area contributed by atoms with E-state index >= 15 is 0 Å². The molecular weight excluding hydrogens is 310 g/mol. The molecule has 0 spiro atoms. The number of hydrogen-bond donors (Lipinski definition) is 1. The van der Waals surface area contributed by atoms with E-state index in [0.717, 1.165) is 43.4 Å². The van der Waals surface area contributed by atoms with Gasteiger partial charge in [0.2, 0.25) is 0 Å². The zero-order valence-electron chi connectivity index (χ0n) is 13.7. The molecule has 124 valence electrons. The van der Waals surface area contributed by atoms with Gasteiger partial charge in [0.25, 0.3) is 5.91 Å². The monoisotopic (exact) mass is 333 g/mol. The average Bonchev–Trinajstić information content (AvgIpc) is 3.19. The van der Waals surface area contributed by atoms with Gasteiger partial charge < -0.3 is 4.42 Å².